The van der Waals surface area contributed by atoms with Crippen LogP contribution < -0.4 is 0 Å². The fraction of sp³-hybridized carbons (Fsp3) is 0.814. The summed E-state index contributed by atoms with van der Waals surface area (Å²) in [6, 6.07) is 0. The predicted molar refractivity (Wildman–Crippen MR) is 330 cm³/mol. The SMILES string of the molecule is CCC/C=C\C/C=C\CCCCCCCC(=O)OCC(COC(=O)CCCCCCCCCCCCCCCCC/C=C\CCCCCCCCCC)OC(=O)CCCCCCCCC/C=C\C/C=C\CCCCCC. The molecule has 6 heteroatoms. The third-order valence-electron chi connectivity index (χ3n) is 14.7. The van der Waals surface area contributed by atoms with Crippen molar-refractivity contribution < 1.29 is 28.6 Å². The second-order valence-electron chi connectivity index (χ2n) is 22.4. The van der Waals surface area contributed by atoms with Gasteiger partial charge in [0.15, 0.2) is 6.10 Å². The number of hydrogen-bond acceptors (Lipinski definition) is 6. The van der Waals surface area contributed by atoms with Gasteiger partial charge in [-0.3, -0.25) is 14.4 Å². The number of hydrogen-bond donors (Lipinski definition) is 0. The molecule has 0 radical (unpaired) electrons. The maximum atomic E-state index is 12.9. The number of carbonyl (C=O) groups is 3. The van der Waals surface area contributed by atoms with E-state index in [2.05, 4.69) is 81.5 Å². The molecule has 0 N–H and O–H groups in total. The summed E-state index contributed by atoms with van der Waals surface area (Å²) in [6.07, 6.45) is 82.4. The summed E-state index contributed by atoms with van der Waals surface area (Å²) in [6.45, 7) is 6.59. The lowest BCUT2D eigenvalue weighted by atomic mass is 10.0. The molecule has 0 spiro atoms. The van der Waals surface area contributed by atoms with E-state index in [0.29, 0.717) is 19.3 Å². The van der Waals surface area contributed by atoms with Crippen LogP contribution in [0.25, 0.3) is 0 Å². The van der Waals surface area contributed by atoms with E-state index >= 15 is 0 Å². The molecule has 442 valence electrons. The zero-order chi connectivity index (χ0) is 55.0. The highest BCUT2D eigenvalue weighted by Crippen LogP contribution is 2.17. The molecule has 0 saturated heterocycles. The molecule has 0 aliphatic carbocycles. The Morgan fingerprint density at radius 2 is 0.500 bits per heavy atom. The van der Waals surface area contributed by atoms with Crippen LogP contribution >= 0.6 is 0 Å². The quantitative estimate of drug-likeness (QED) is 0.0261. The number of unbranched alkanes of at least 4 members (excludes halogenated alkanes) is 40. The van der Waals surface area contributed by atoms with Crippen molar-refractivity contribution in [2.75, 3.05) is 13.2 Å². The van der Waals surface area contributed by atoms with Crippen LogP contribution in [0.3, 0.4) is 0 Å². The van der Waals surface area contributed by atoms with Crippen LogP contribution in [0.4, 0.5) is 0 Å². The fourth-order valence-electron chi connectivity index (χ4n) is 9.68. The lowest BCUT2D eigenvalue weighted by Gasteiger charge is -2.18. The van der Waals surface area contributed by atoms with E-state index in [1.165, 1.54) is 212 Å². The zero-order valence-electron chi connectivity index (χ0n) is 50.8. The van der Waals surface area contributed by atoms with Crippen LogP contribution in [0.15, 0.2) is 60.8 Å². The Kier molecular flexibility index (Phi) is 62.2. The molecule has 0 bridgehead atoms. The molecular formula is C70H126O6. The molecule has 0 fully saturated rings. The summed E-state index contributed by atoms with van der Waals surface area (Å²) in [5.41, 5.74) is 0. The van der Waals surface area contributed by atoms with Gasteiger partial charge in [0.25, 0.3) is 0 Å². The Labute approximate surface area is 472 Å². The summed E-state index contributed by atoms with van der Waals surface area (Å²) in [4.78, 5) is 38.3. The van der Waals surface area contributed by atoms with Gasteiger partial charge in [-0.05, 0) is 103 Å². The minimum absolute atomic E-state index is 0.0797. The average Bonchev–Trinajstić information content (AvgIpc) is 3.42. The Hall–Kier alpha value is -2.89. The molecule has 0 aromatic carbocycles. The normalized spacial score (nSPS) is 12.4. The van der Waals surface area contributed by atoms with E-state index in [-0.39, 0.29) is 31.1 Å². The molecule has 6 nitrogen and oxygen atoms in total. The highest BCUT2D eigenvalue weighted by atomic mass is 16.6. The van der Waals surface area contributed by atoms with Gasteiger partial charge in [-0.25, -0.2) is 0 Å². The smallest absolute Gasteiger partial charge is 0.306 e. The van der Waals surface area contributed by atoms with Gasteiger partial charge in [-0.2, -0.15) is 0 Å². The zero-order valence-corrected chi connectivity index (χ0v) is 50.8. The minimum atomic E-state index is -0.784. The molecule has 0 amide bonds. The number of rotatable bonds is 61. The van der Waals surface area contributed by atoms with Gasteiger partial charge in [0.1, 0.15) is 13.2 Å². The molecule has 0 aliphatic heterocycles. The topological polar surface area (TPSA) is 78.9 Å². The first-order chi connectivity index (χ1) is 37.5. The number of esters is 3. The fourth-order valence-corrected chi connectivity index (χ4v) is 9.68. The molecule has 76 heavy (non-hydrogen) atoms. The van der Waals surface area contributed by atoms with Crippen LogP contribution in [0.2, 0.25) is 0 Å². The molecule has 0 aromatic heterocycles. The van der Waals surface area contributed by atoms with Crippen molar-refractivity contribution in [1.82, 2.24) is 0 Å². The summed E-state index contributed by atoms with van der Waals surface area (Å²) >= 11 is 0. The van der Waals surface area contributed by atoms with Gasteiger partial charge in [-0.15, -0.1) is 0 Å². The first-order valence-electron chi connectivity index (χ1n) is 33.3. The van der Waals surface area contributed by atoms with E-state index < -0.39 is 6.10 Å². The van der Waals surface area contributed by atoms with Gasteiger partial charge in [0.05, 0.1) is 0 Å². The average molecular weight is 1060 g/mol. The molecule has 0 aliphatic rings. The number of allylic oxidation sites excluding steroid dienone is 10. The number of carbonyl (C=O) groups excluding carboxylic acids is 3. The minimum Gasteiger partial charge on any atom is -0.462 e. The third kappa shape index (κ3) is 62.0. The standard InChI is InChI=1S/C70H126O6/c1-4-7-10-13-16-19-22-25-27-29-31-32-33-34-35-36-37-38-39-41-42-45-48-51-54-57-60-63-69(72)75-66-67(65-74-68(71)62-59-56-53-50-47-44-24-21-18-15-12-9-6-3)76-70(73)64-61-58-55-52-49-46-43-40-30-28-26-23-20-17-14-11-8-5-2/h12,15,20-21,23-24,28-31,67H,4-11,13-14,16-19,22,25-27,32-66H2,1-3H3/b15-12-,23-20-,24-21-,30-28-,31-29-. The predicted octanol–water partition coefficient (Wildman–Crippen LogP) is 22.7. The molecule has 1 atom stereocenters. The molecule has 0 aromatic rings. The van der Waals surface area contributed by atoms with Gasteiger partial charge in [0, 0.05) is 19.3 Å². The van der Waals surface area contributed by atoms with E-state index in [1.54, 1.807) is 0 Å². The van der Waals surface area contributed by atoms with Crippen LogP contribution in [-0.4, -0.2) is 37.2 Å². The summed E-state index contributed by atoms with van der Waals surface area (Å²) in [5, 5.41) is 0. The Morgan fingerprint density at radius 1 is 0.263 bits per heavy atom. The first kappa shape index (κ1) is 73.1. The van der Waals surface area contributed by atoms with E-state index in [4.69, 9.17) is 14.2 Å². The monoisotopic (exact) mass is 1060 g/mol. The van der Waals surface area contributed by atoms with Crippen molar-refractivity contribution in [1.29, 1.82) is 0 Å². The van der Waals surface area contributed by atoms with Gasteiger partial charge in [0.2, 0.25) is 0 Å². The van der Waals surface area contributed by atoms with Crippen LogP contribution in [0.1, 0.15) is 348 Å². The van der Waals surface area contributed by atoms with Crippen molar-refractivity contribution in [3.8, 4) is 0 Å². The Balaban J connectivity index is 4.24. The van der Waals surface area contributed by atoms with Gasteiger partial charge >= 0.3 is 17.9 Å². The maximum Gasteiger partial charge on any atom is 0.306 e. The highest BCUT2D eigenvalue weighted by Gasteiger charge is 2.19. The van der Waals surface area contributed by atoms with Crippen LogP contribution in [-0.2, 0) is 28.6 Å². The second kappa shape index (κ2) is 64.6. The largest absolute Gasteiger partial charge is 0.462 e. The van der Waals surface area contributed by atoms with Crippen molar-refractivity contribution in [2.24, 2.45) is 0 Å². The van der Waals surface area contributed by atoms with Crippen LogP contribution in [0.5, 0.6) is 0 Å². The lowest BCUT2D eigenvalue weighted by Crippen LogP contribution is -2.30. The Morgan fingerprint density at radius 3 is 0.803 bits per heavy atom. The van der Waals surface area contributed by atoms with Crippen molar-refractivity contribution in [3.05, 3.63) is 60.8 Å². The third-order valence-corrected chi connectivity index (χ3v) is 14.7. The van der Waals surface area contributed by atoms with Crippen molar-refractivity contribution >= 4 is 17.9 Å². The summed E-state index contributed by atoms with van der Waals surface area (Å²) in [7, 11) is 0. The van der Waals surface area contributed by atoms with E-state index in [0.717, 1.165) is 96.3 Å². The molecule has 0 heterocycles. The van der Waals surface area contributed by atoms with E-state index in [9.17, 15) is 14.4 Å². The van der Waals surface area contributed by atoms with Gasteiger partial charge in [-0.1, -0.05) is 287 Å². The van der Waals surface area contributed by atoms with Crippen LogP contribution in [0, 0.1) is 0 Å². The van der Waals surface area contributed by atoms with E-state index in [1.807, 2.05) is 0 Å². The number of ether oxygens (including phenoxy) is 3. The molecular weight excluding hydrogens is 937 g/mol. The second-order valence-corrected chi connectivity index (χ2v) is 22.4. The molecule has 1 unspecified atom stereocenters. The summed E-state index contributed by atoms with van der Waals surface area (Å²) < 4.78 is 16.9. The first-order valence-corrected chi connectivity index (χ1v) is 33.3. The summed E-state index contributed by atoms with van der Waals surface area (Å²) in [5.74, 6) is -0.885. The highest BCUT2D eigenvalue weighted by molar-refractivity contribution is 5.71. The van der Waals surface area contributed by atoms with Crippen molar-refractivity contribution in [2.45, 2.75) is 354 Å². The molecule has 0 rings (SSSR count). The maximum absolute atomic E-state index is 12.9. The van der Waals surface area contributed by atoms with Crippen molar-refractivity contribution in [3.63, 3.8) is 0 Å². The van der Waals surface area contributed by atoms with Gasteiger partial charge < -0.3 is 14.2 Å². The lowest BCUT2D eigenvalue weighted by molar-refractivity contribution is -0.167. The Bertz CT molecular complexity index is 1360. The molecule has 0 saturated carbocycles.